The maximum atomic E-state index is 14.0. The van der Waals surface area contributed by atoms with Gasteiger partial charge in [0.15, 0.2) is 5.78 Å². The molecule has 1 saturated carbocycles. The number of carbonyl (C=O) groups is 1. The van der Waals surface area contributed by atoms with Crippen molar-refractivity contribution in [2.45, 2.75) is 72.1 Å². The molecule has 0 radical (unpaired) electrons. The Hall–Kier alpha value is -1.18. The van der Waals surface area contributed by atoms with E-state index in [1.165, 1.54) is 51.5 Å². The molecule has 1 aliphatic carbocycles. The third-order valence-electron chi connectivity index (χ3n) is 5.15. The van der Waals surface area contributed by atoms with Gasteiger partial charge in [0.2, 0.25) is 0 Å². The van der Waals surface area contributed by atoms with E-state index in [-0.39, 0.29) is 11.6 Å². The molecule has 0 atom stereocenters. The van der Waals surface area contributed by atoms with Gasteiger partial charge in [0.1, 0.15) is 5.82 Å². The summed E-state index contributed by atoms with van der Waals surface area (Å²) in [4.78, 5) is 11.7. The summed E-state index contributed by atoms with van der Waals surface area (Å²) in [5.74, 6) is 1.16. The quantitative estimate of drug-likeness (QED) is 0.600. The van der Waals surface area contributed by atoms with Crippen LogP contribution < -0.4 is 0 Å². The van der Waals surface area contributed by atoms with Crippen LogP contribution in [0, 0.1) is 24.6 Å². The zero-order chi connectivity index (χ0) is 16.1. The summed E-state index contributed by atoms with van der Waals surface area (Å²) in [6, 6.07) is 3.46. The Morgan fingerprint density at radius 3 is 2.27 bits per heavy atom. The molecule has 2 rings (SSSR count). The van der Waals surface area contributed by atoms with Gasteiger partial charge in [-0.05, 0) is 55.7 Å². The maximum Gasteiger partial charge on any atom is 0.163 e. The van der Waals surface area contributed by atoms with Gasteiger partial charge >= 0.3 is 0 Å². The minimum Gasteiger partial charge on any atom is -0.294 e. The molecule has 1 nitrogen and oxygen atoms in total. The molecule has 0 bridgehead atoms. The van der Waals surface area contributed by atoms with Crippen LogP contribution in [0.15, 0.2) is 12.1 Å². The van der Waals surface area contributed by atoms with Crippen molar-refractivity contribution in [1.29, 1.82) is 0 Å². The van der Waals surface area contributed by atoms with Crippen LogP contribution in [0.25, 0.3) is 0 Å². The van der Waals surface area contributed by atoms with Crippen molar-refractivity contribution >= 4 is 5.78 Å². The molecule has 1 fully saturated rings. The average Bonchev–Trinajstić information content (AvgIpc) is 2.45. The van der Waals surface area contributed by atoms with Gasteiger partial charge in [-0.2, -0.15) is 0 Å². The highest BCUT2D eigenvalue weighted by Gasteiger charge is 2.21. The van der Waals surface area contributed by atoms with Gasteiger partial charge in [0.05, 0.1) is 5.56 Å². The Morgan fingerprint density at radius 1 is 1.14 bits per heavy atom. The van der Waals surface area contributed by atoms with E-state index in [1.807, 2.05) is 13.0 Å². The molecular weight excluding hydrogens is 275 g/mol. The van der Waals surface area contributed by atoms with Crippen LogP contribution in [0.1, 0.15) is 80.3 Å². The summed E-state index contributed by atoms with van der Waals surface area (Å²) >= 11 is 0. The molecule has 1 aliphatic rings. The number of carbonyl (C=O) groups excluding carboxylic acids is 1. The maximum absolute atomic E-state index is 14.0. The molecule has 0 aromatic heterocycles. The lowest BCUT2D eigenvalue weighted by Crippen LogP contribution is -2.15. The zero-order valence-electron chi connectivity index (χ0n) is 14.3. The highest BCUT2D eigenvalue weighted by molar-refractivity contribution is 5.95. The van der Waals surface area contributed by atoms with Crippen LogP contribution in [0.2, 0.25) is 0 Å². The third-order valence-corrected chi connectivity index (χ3v) is 5.15. The minimum atomic E-state index is -0.353. The molecule has 0 aliphatic heterocycles. The van der Waals surface area contributed by atoms with Gasteiger partial charge in [-0.25, -0.2) is 4.39 Å². The summed E-state index contributed by atoms with van der Waals surface area (Å²) in [5.41, 5.74) is 2.12. The average molecular weight is 304 g/mol. The molecule has 1 aromatic carbocycles. The molecule has 122 valence electrons. The topological polar surface area (TPSA) is 17.1 Å². The Labute approximate surface area is 134 Å². The van der Waals surface area contributed by atoms with Crippen LogP contribution in [0.5, 0.6) is 0 Å². The van der Waals surface area contributed by atoms with E-state index < -0.39 is 0 Å². The molecule has 0 N–H and O–H groups in total. The first-order valence-electron chi connectivity index (χ1n) is 8.81. The van der Waals surface area contributed by atoms with E-state index in [1.54, 1.807) is 0 Å². The van der Waals surface area contributed by atoms with Crippen LogP contribution >= 0.6 is 0 Å². The number of hydrogen-bond donors (Lipinski definition) is 0. The summed E-state index contributed by atoms with van der Waals surface area (Å²) in [7, 11) is 0. The lowest BCUT2D eigenvalue weighted by molar-refractivity contribution is 0.101. The predicted octanol–water partition coefficient (Wildman–Crippen LogP) is 5.88. The number of Topliss-reactive ketones (excluding diaryl/α,β-unsaturated/α-hetero) is 1. The second-order valence-corrected chi connectivity index (χ2v) is 7.05. The zero-order valence-corrected chi connectivity index (χ0v) is 14.3. The van der Waals surface area contributed by atoms with E-state index in [4.69, 9.17) is 0 Å². The standard InChI is InChI=1S/C20H29FO/c1-4-5-16-6-8-17(9-7-16)10-11-18-12-14(2)13-19(21)20(18)15(3)22/h12-13,16-17H,4-11H2,1-3H3. The highest BCUT2D eigenvalue weighted by atomic mass is 19.1. The number of rotatable bonds is 6. The molecule has 0 amide bonds. The Bertz CT molecular complexity index is 513. The SMILES string of the molecule is CCCC1CCC(CCc2cc(C)cc(F)c2C(C)=O)CC1. The first-order chi connectivity index (χ1) is 10.5. The van der Waals surface area contributed by atoms with Crippen molar-refractivity contribution in [2.24, 2.45) is 11.8 Å². The highest BCUT2D eigenvalue weighted by Crippen LogP contribution is 2.34. The van der Waals surface area contributed by atoms with E-state index in [0.29, 0.717) is 5.56 Å². The van der Waals surface area contributed by atoms with Gasteiger partial charge in [0, 0.05) is 0 Å². The van der Waals surface area contributed by atoms with Crippen molar-refractivity contribution in [3.05, 3.63) is 34.6 Å². The fourth-order valence-electron chi connectivity index (χ4n) is 3.98. The first-order valence-corrected chi connectivity index (χ1v) is 8.81. The number of aryl methyl sites for hydroxylation is 2. The number of halogens is 1. The summed E-state index contributed by atoms with van der Waals surface area (Å²) < 4.78 is 14.0. The molecule has 2 heteroatoms. The van der Waals surface area contributed by atoms with E-state index in [9.17, 15) is 9.18 Å². The Morgan fingerprint density at radius 2 is 1.73 bits per heavy atom. The summed E-state index contributed by atoms with van der Waals surface area (Å²) in [6.45, 7) is 5.63. The number of ketones is 1. The summed E-state index contributed by atoms with van der Waals surface area (Å²) in [6.07, 6.45) is 9.87. The molecule has 22 heavy (non-hydrogen) atoms. The number of hydrogen-bond acceptors (Lipinski definition) is 1. The van der Waals surface area contributed by atoms with E-state index in [0.717, 1.165) is 35.8 Å². The summed E-state index contributed by atoms with van der Waals surface area (Å²) in [5, 5.41) is 0. The molecule has 1 aromatic rings. The Balaban J connectivity index is 1.96. The lowest BCUT2D eigenvalue weighted by atomic mass is 9.78. The molecular formula is C20H29FO. The van der Waals surface area contributed by atoms with Crippen molar-refractivity contribution in [2.75, 3.05) is 0 Å². The lowest BCUT2D eigenvalue weighted by Gasteiger charge is -2.28. The normalized spacial score (nSPS) is 21.8. The largest absolute Gasteiger partial charge is 0.294 e. The number of benzene rings is 1. The first kappa shape index (κ1) is 17.2. The van der Waals surface area contributed by atoms with Crippen molar-refractivity contribution in [1.82, 2.24) is 0 Å². The second kappa shape index (κ2) is 7.89. The fraction of sp³-hybridized carbons (Fsp3) is 0.650. The van der Waals surface area contributed by atoms with Crippen molar-refractivity contribution in [3.8, 4) is 0 Å². The van der Waals surface area contributed by atoms with Crippen LogP contribution in [0.4, 0.5) is 4.39 Å². The molecule has 0 heterocycles. The predicted molar refractivity (Wildman–Crippen MR) is 89.8 cm³/mol. The smallest absolute Gasteiger partial charge is 0.163 e. The van der Waals surface area contributed by atoms with Gasteiger partial charge in [-0.15, -0.1) is 0 Å². The minimum absolute atomic E-state index is 0.154. The van der Waals surface area contributed by atoms with Crippen molar-refractivity contribution in [3.63, 3.8) is 0 Å². The van der Waals surface area contributed by atoms with Gasteiger partial charge < -0.3 is 0 Å². The van der Waals surface area contributed by atoms with Gasteiger partial charge in [-0.1, -0.05) is 51.5 Å². The second-order valence-electron chi connectivity index (χ2n) is 7.05. The molecule has 0 saturated heterocycles. The van der Waals surface area contributed by atoms with Crippen molar-refractivity contribution < 1.29 is 9.18 Å². The third kappa shape index (κ3) is 4.41. The fourth-order valence-corrected chi connectivity index (χ4v) is 3.98. The van der Waals surface area contributed by atoms with Crippen LogP contribution in [-0.4, -0.2) is 5.78 Å². The molecule has 0 unspecified atom stereocenters. The molecule has 0 spiro atoms. The van der Waals surface area contributed by atoms with Crippen LogP contribution in [-0.2, 0) is 6.42 Å². The monoisotopic (exact) mass is 304 g/mol. The van der Waals surface area contributed by atoms with E-state index >= 15 is 0 Å². The van der Waals surface area contributed by atoms with Gasteiger partial charge in [0.25, 0.3) is 0 Å². The van der Waals surface area contributed by atoms with E-state index in [2.05, 4.69) is 6.92 Å². The Kier molecular flexibility index (Phi) is 6.16. The van der Waals surface area contributed by atoms with Crippen LogP contribution in [0.3, 0.4) is 0 Å². The van der Waals surface area contributed by atoms with Gasteiger partial charge in [-0.3, -0.25) is 4.79 Å².